The molecule has 0 aliphatic carbocycles. The SMILES string of the molecule is N#Cc1cccc(-c2cccc(-n3c4ccccc4c4ccccc43)c2)c1-n1c2ccccc2c2ccc3c4ccccc4n([O-])c3c21. The Balaban J connectivity index is 1.32. The number of hydrogen-bond acceptors (Lipinski definition) is 2. The lowest BCUT2D eigenvalue weighted by molar-refractivity contribution is 1.15. The molecule has 7 aromatic carbocycles. The molecule has 5 nitrogen and oxygen atoms in total. The molecule has 5 heteroatoms. The molecule has 0 spiro atoms. The van der Waals surface area contributed by atoms with Gasteiger partial charge in [-0.05, 0) is 48.0 Å². The maximum Gasteiger partial charge on any atom is 0.101 e. The zero-order valence-corrected chi connectivity index (χ0v) is 25.6. The van der Waals surface area contributed by atoms with Gasteiger partial charge in [-0.1, -0.05) is 109 Å². The van der Waals surface area contributed by atoms with Crippen molar-refractivity contribution >= 4 is 65.4 Å². The highest BCUT2D eigenvalue weighted by atomic mass is 16.5. The molecule has 0 unspecified atom stereocenters. The molecule has 0 radical (unpaired) electrons. The van der Waals surface area contributed by atoms with Crippen LogP contribution in [0.5, 0.6) is 0 Å². The summed E-state index contributed by atoms with van der Waals surface area (Å²) < 4.78 is 5.50. The van der Waals surface area contributed by atoms with E-state index in [-0.39, 0.29) is 0 Å². The van der Waals surface area contributed by atoms with E-state index in [1.165, 1.54) is 10.8 Å². The Morgan fingerprint density at radius 1 is 0.458 bits per heavy atom. The quantitative estimate of drug-likeness (QED) is 0.199. The van der Waals surface area contributed by atoms with Crippen LogP contribution in [-0.2, 0) is 0 Å². The van der Waals surface area contributed by atoms with E-state index in [4.69, 9.17) is 0 Å². The molecular weight excluding hydrogens is 589 g/mol. The van der Waals surface area contributed by atoms with Crippen LogP contribution in [0.3, 0.4) is 0 Å². The lowest BCUT2D eigenvalue weighted by Gasteiger charge is -2.18. The van der Waals surface area contributed by atoms with Gasteiger partial charge in [0, 0.05) is 49.1 Å². The molecule has 0 N–H and O–H groups in total. The molecule has 224 valence electrons. The average Bonchev–Trinajstić information content (AvgIpc) is 3.77. The summed E-state index contributed by atoms with van der Waals surface area (Å²) in [4.78, 5) is 0. The fraction of sp³-hybridized carbons (Fsp3) is 0. The smallest absolute Gasteiger partial charge is 0.101 e. The summed E-state index contributed by atoms with van der Waals surface area (Å²) in [5.41, 5.74) is 9.42. The van der Waals surface area contributed by atoms with Gasteiger partial charge in [0.25, 0.3) is 0 Å². The van der Waals surface area contributed by atoms with Gasteiger partial charge in [-0.2, -0.15) is 5.26 Å². The van der Waals surface area contributed by atoms with E-state index in [0.29, 0.717) is 16.6 Å². The second-order valence-corrected chi connectivity index (χ2v) is 12.3. The molecule has 10 aromatic rings. The summed E-state index contributed by atoms with van der Waals surface area (Å²) in [5, 5.41) is 30.9. The first kappa shape index (κ1) is 26.4. The largest absolute Gasteiger partial charge is 0.805 e. The number of hydrogen-bond donors (Lipinski definition) is 0. The molecule has 0 fully saturated rings. The van der Waals surface area contributed by atoms with E-state index in [1.807, 2.05) is 48.5 Å². The Kier molecular flexibility index (Phi) is 5.43. The maximum absolute atomic E-state index is 14.1. The van der Waals surface area contributed by atoms with Gasteiger partial charge in [0.1, 0.15) is 6.07 Å². The van der Waals surface area contributed by atoms with Crippen LogP contribution in [0.2, 0.25) is 0 Å². The predicted octanol–water partition coefficient (Wildman–Crippen LogP) is 10.9. The van der Waals surface area contributed by atoms with Gasteiger partial charge in [0.2, 0.25) is 0 Å². The van der Waals surface area contributed by atoms with Gasteiger partial charge >= 0.3 is 0 Å². The van der Waals surface area contributed by atoms with E-state index in [0.717, 1.165) is 70.8 Å². The van der Waals surface area contributed by atoms with Crippen LogP contribution in [0.15, 0.2) is 152 Å². The number of nitrogens with zero attached hydrogens (tertiary/aromatic N) is 4. The van der Waals surface area contributed by atoms with Crippen molar-refractivity contribution in [2.24, 2.45) is 0 Å². The minimum Gasteiger partial charge on any atom is -0.805 e. The molecule has 0 saturated carbocycles. The third-order valence-electron chi connectivity index (χ3n) is 9.80. The molecular formula is C43H25N4O-. The lowest BCUT2D eigenvalue weighted by Crippen LogP contribution is -2.02. The molecule has 10 rings (SSSR count). The molecule has 3 heterocycles. The van der Waals surface area contributed by atoms with Gasteiger partial charge in [-0.15, -0.1) is 0 Å². The van der Waals surface area contributed by atoms with Gasteiger partial charge < -0.3 is 19.1 Å². The standard InChI is InChI=1S/C43H25N4O/c44-26-28-12-10-18-30(27-11-9-13-29(25-27)45-37-19-5-1-14-31(37)32-15-2-6-20-38(32)45)41(28)46-39-21-7-3-16-33(39)35-23-24-36-34-17-4-8-22-40(34)47(48)43(36)42(35)46/h1-25H/q-1. The number of fused-ring (bicyclic) bond motifs is 10. The summed E-state index contributed by atoms with van der Waals surface area (Å²) in [7, 11) is 0. The third-order valence-corrected chi connectivity index (χ3v) is 9.80. The van der Waals surface area contributed by atoms with Crippen LogP contribution in [0, 0.1) is 16.5 Å². The van der Waals surface area contributed by atoms with Gasteiger partial charge in [0.05, 0.1) is 38.8 Å². The molecule has 0 saturated heterocycles. The summed E-state index contributed by atoms with van der Waals surface area (Å²) in [6, 6.07) is 54.0. The predicted molar refractivity (Wildman–Crippen MR) is 197 cm³/mol. The summed E-state index contributed by atoms with van der Waals surface area (Å²) in [6.45, 7) is 0. The van der Waals surface area contributed by atoms with Crippen molar-refractivity contribution in [3.05, 3.63) is 162 Å². The van der Waals surface area contributed by atoms with Crippen LogP contribution in [0.4, 0.5) is 0 Å². The van der Waals surface area contributed by atoms with Crippen molar-refractivity contribution in [3.63, 3.8) is 0 Å². The highest BCUT2D eigenvalue weighted by Gasteiger charge is 2.22. The second-order valence-electron chi connectivity index (χ2n) is 12.3. The van der Waals surface area contributed by atoms with Gasteiger partial charge in [-0.25, -0.2) is 0 Å². The monoisotopic (exact) mass is 613 g/mol. The number of rotatable bonds is 3. The Bertz CT molecular complexity index is 2930. The number of aromatic nitrogens is 3. The van der Waals surface area contributed by atoms with Crippen LogP contribution in [-0.4, -0.2) is 13.9 Å². The Hall–Kier alpha value is -6.77. The van der Waals surface area contributed by atoms with Crippen molar-refractivity contribution in [2.75, 3.05) is 0 Å². The summed E-state index contributed by atoms with van der Waals surface area (Å²) >= 11 is 0. The van der Waals surface area contributed by atoms with Crippen molar-refractivity contribution in [1.29, 1.82) is 5.26 Å². The molecule has 0 aliphatic rings. The van der Waals surface area contributed by atoms with Crippen molar-refractivity contribution in [2.45, 2.75) is 0 Å². The fourth-order valence-electron chi connectivity index (χ4n) is 7.82. The Morgan fingerprint density at radius 2 is 0.979 bits per heavy atom. The lowest BCUT2D eigenvalue weighted by atomic mass is 9.99. The van der Waals surface area contributed by atoms with E-state index in [1.54, 1.807) is 0 Å². The summed E-state index contributed by atoms with van der Waals surface area (Å²) in [5.74, 6) is 0. The van der Waals surface area contributed by atoms with Crippen molar-refractivity contribution < 1.29 is 0 Å². The zero-order valence-electron chi connectivity index (χ0n) is 25.6. The van der Waals surface area contributed by atoms with E-state index in [2.05, 4.69) is 118 Å². The Morgan fingerprint density at radius 3 is 1.62 bits per heavy atom. The normalized spacial score (nSPS) is 11.8. The molecule has 0 atom stereocenters. The molecule has 0 aliphatic heterocycles. The van der Waals surface area contributed by atoms with Gasteiger partial charge in [-0.3, -0.25) is 0 Å². The first-order valence-electron chi connectivity index (χ1n) is 16.0. The van der Waals surface area contributed by atoms with E-state index < -0.39 is 0 Å². The zero-order chi connectivity index (χ0) is 31.9. The van der Waals surface area contributed by atoms with Crippen molar-refractivity contribution in [3.8, 4) is 28.6 Å². The molecule has 48 heavy (non-hydrogen) atoms. The van der Waals surface area contributed by atoms with Crippen LogP contribution in [0.25, 0.3) is 87.9 Å². The van der Waals surface area contributed by atoms with E-state index in [9.17, 15) is 10.5 Å². The summed E-state index contributed by atoms with van der Waals surface area (Å²) in [6.07, 6.45) is 0. The minimum atomic E-state index is 0.531. The first-order valence-corrected chi connectivity index (χ1v) is 16.0. The molecule has 0 bridgehead atoms. The second kappa shape index (κ2) is 9.86. The number of para-hydroxylation sites is 5. The molecule has 3 aromatic heterocycles. The van der Waals surface area contributed by atoms with Crippen LogP contribution < -0.4 is 0 Å². The van der Waals surface area contributed by atoms with Crippen molar-refractivity contribution in [1.82, 2.24) is 13.9 Å². The third kappa shape index (κ3) is 3.49. The molecule has 0 amide bonds. The maximum atomic E-state index is 14.1. The topological polar surface area (TPSA) is 61.6 Å². The van der Waals surface area contributed by atoms with Crippen LogP contribution in [0.1, 0.15) is 5.56 Å². The van der Waals surface area contributed by atoms with Gasteiger partial charge in [0.15, 0.2) is 0 Å². The average molecular weight is 614 g/mol. The highest BCUT2D eigenvalue weighted by molar-refractivity contribution is 6.23. The minimum absolute atomic E-state index is 0.531. The number of benzene rings is 7. The fourth-order valence-corrected chi connectivity index (χ4v) is 7.82. The highest BCUT2D eigenvalue weighted by Crippen LogP contribution is 2.43. The number of nitriles is 1. The first-order chi connectivity index (χ1) is 23.7. The Labute approximate surface area is 274 Å². The van der Waals surface area contributed by atoms with Crippen LogP contribution >= 0.6 is 0 Å². The van der Waals surface area contributed by atoms with E-state index >= 15 is 0 Å².